The molecule has 0 aliphatic carbocycles. The van der Waals surface area contributed by atoms with Crippen LogP contribution in [0.3, 0.4) is 0 Å². The normalized spacial score (nSPS) is 19.7. The van der Waals surface area contributed by atoms with E-state index in [1.165, 1.54) is 25.2 Å². The number of nitrogens with zero attached hydrogens (tertiary/aromatic N) is 2. The number of nitrogens with one attached hydrogen (secondary N) is 3. The zero-order valence-electron chi connectivity index (χ0n) is 17.7. The van der Waals surface area contributed by atoms with Crippen molar-refractivity contribution < 1.29 is 27.8 Å². The van der Waals surface area contributed by atoms with Crippen molar-refractivity contribution >= 4 is 40.1 Å². The molecular weight excluding hydrogens is 456 g/mol. The summed E-state index contributed by atoms with van der Waals surface area (Å²) in [4.78, 5) is 31.4. The van der Waals surface area contributed by atoms with Crippen LogP contribution >= 0.6 is 11.8 Å². The minimum absolute atomic E-state index is 0.0779. The van der Waals surface area contributed by atoms with Crippen molar-refractivity contribution in [2.75, 3.05) is 36.7 Å². The van der Waals surface area contributed by atoms with Gasteiger partial charge in [0.2, 0.25) is 11.8 Å². The number of hydrogen-bond acceptors (Lipinski definition) is 8. The molecular formula is C21H21F2N5O4S. The summed E-state index contributed by atoms with van der Waals surface area (Å²) in [5.74, 6) is -2.40. The van der Waals surface area contributed by atoms with Crippen molar-refractivity contribution in [1.82, 2.24) is 10.9 Å². The number of thioether (sulfide) groups is 1. The third-order valence-electron chi connectivity index (χ3n) is 5.09. The molecule has 2 heterocycles. The van der Waals surface area contributed by atoms with E-state index in [0.717, 1.165) is 23.9 Å². The zero-order valence-corrected chi connectivity index (χ0v) is 18.5. The molecule has 2 aromatic carbocycles. The van der Waals surface area contributed by atoms with E-state index >= 15 is 0 Å². The van der Waals surface area contributed by atoms with Crippen LogP contribution in [0, 0.1) is 17.6 Å². The van der Waals surface area contributed by atoms with E-state index in [9.17, 15) is 18.4 Å². The number of halogens is 2. The van der Waals surface area contributed by atoms with E-state index < -0.39 is 23.7 Å². The van der Waals surface area contributed by atoms with E-state index in [-0.39, 0.29) is 28.4 Å². The summed E-state index contributed by atoms with van der Waals surface area (Å²) >= 11 is 1.01. The molecule has 0 bridgehead atoms. The second kappa shape index (κ2) is 9.73. The number of ether oxygens (including phenoxy) is 2. The zero-order chi connectivity index (χ0) is 23.5. The molecule has 0 spiro atoms. The minimum Gasteiger partial charge on any atom is -0.493 e. The molecule has 3 N–H and O–H groups in total. The van der Waals surface area contributed by atoms with Crippen LogP contribution in [0.5, 0.6) is 11.5 Å². The Labute approximate surface area is 192 Å². The molecule has 33 heavy (non-hydrogen) atoms. The van der Waals surface area contributed by atoms with Crippen LogP contribution in [0.4, 0.5) is 20.2 Å². The first-order valence-electron chi connectivity index (χ1n) is 9.91. The summed E-state index contributed by atoms with van der Waals surface area (Å²) in [6.07, 6.45) is -0.518. The highest BCUT2D eigenvalue weighted by molar-refractivity contribution is 8.14. The van der Waals surface area contributed by atoms with Crippen LogP contribution in [-0.4, -0.2) is 49.7 Å². The number of benzene rings is 2. The highest BCUT2D eigenvalue weighted by Crippen LogP contribution is 2.31. The third-order valence-corrected chi connectivity index (χ3v) is 6.05. The van der Waals surface area contributed by atoms with Crippen molar-refractivity contribution in [2.45, 2.75) is 6.17 Å². The SMILES string of the molecule is COc1ccc(NC(=O)CSC2=NC3NNCC3C(=O)N2c2ccc(F)c(F)c2)cc1OC. The van der Waals surface area contributed by atoms with Crippen LogP contribution in [0.1, 0.15) is 0 Å². The number of methoxy groups -OCH3 is 2. The van der Waals surface area contributed by atoms with Gasteiger partial charge in [-0.2, -0.15) is 0 Å². The van der Waals surface area contributed by atoms with Crippen molar-refractivity contribution in [3.8, 4) is 11.5 Å². The standard InChI is InChI=1S/C21H21F2N5O4S/c1-31-16-6-3-11(7-17(16)32-2)25-18(29)10-33-21-26-19-13(9-24-27-19)20(30)28(21)12-4-5-14(22)15(23)8-12/h3-8,13,19,24,27H,9-10H2,1-2H3,(H,25,29). The molecule has 1 fully saturated rings. The van der Waals surface area contributed by atoms with E-state index in [1.807, 2.05) is 0 Å². The van der Waals surface area contributed by atoms with Gasteiger partial charge in [-0.25, -0.2) is 19.2 Å². The first-order valence-corrected chi connectivity index (χ1v) is 10.9. The molecule has 4 rings (SSSR count). The molecule has 12 heteroatoms. The van der Waals surface area contributed by atoms with E-state index in [1.54, 1.807) is 18.2 Å². The van der Waals surface area contributed by atoms with Gasteiger partial charge >= 0.3 is 0 Å². The first kappa shape index (κ1) is 23.0. The van der Waals surface area contributed by atoms with Gasteiger partial charge in [0, 0.05) is 24.4 Å². The molecule has 2 unspecified atom stereocenters. The Morgan fingerprint density at radius 2 is 1.97 bits per heavy atom. The van der Waals surface area contributed by atoms with Crippen molar-refractivity contribution in [3.63, 3.8) is 0 Å². The van der Waals surface area contributed by atoms with Crippen LogP contribution < -0.4 is 30.5 Å². The number of amides is 2. The maximum atomic E-state index is 13.9. The van der Waals surface area contributed by atoms with Gasteiger partial charge < -0.3 is 14.8 Å². The quantitative estimate of drug-likeness (QED) is 0.586. The van der Waals surface area contributed by atoms with E-state index in [0.29, 0.717) is 23.7 Å². The highest BCUT2D eigenvalue weighted by Gasteiger charge is 2.42. The average molecular weight is 477 g/mol. The van der Waals surface area contributed by atoms with Crippen molar-refractivity contribution in [1.29, 1.82) is 0 Å². The summed E-state index contributed by atoms with van der Waals surface area (Å²) in [6.45, 7) is 0.338. The Kier molecular flexibility index (Phi) is 6.77. The second-order valence-corrected chi connectivity index (χ2v) is 8.11. The molecule has 174 valence electrons. The lowest BCUT2D eigenvalue weighted by molar-refractivity contribution is -0.121. The van der Waals surface area contributed by atoms with Gasteiger partial charge in [0.25, 0.3) is 0 Å². The lowest BCUT2D eigenvalue weighted by atomic mass is 10.0. The molecule has 0 radical (unpaired) electrons. The number of carbonyl (C=O) groups excluding carboxylic acids is 2. The molecule has 2 aliphatic rings. The van der Waals surface area contributed by atoms with Gasteiger partial charge in [-0.3, -0.25) is 19.9 Å². The fourth-order valence-electron chi connectivity index (χ4n) is 3.47. The van der Waals surface area contributed by atoms with Gasteiger partial charge in [-0.15, -0.1) is 0 Å². The summed E-state index contributed by atoms with van der Waals surface area (Å²) in [5, 5.41) is 2.94. The third kappa shape index (κ3) is 4.77. The van der Waals surface area contributed by atoms with Gasteiger partial charge in [-0.1, -0.05) is 11.8 Å². The van der Waals surface area contributed by atoms with Crippen molar-refractivity contribution in [3.05, 3.63) is 48.0 Å². The molecule has 0 aromatic heterocycles. The van der Waals surface area contributed by atoms with Gasteiger partial charge in [-0.05, 0) is 24.3 Å². The molecule has 0 saturated carbocycles. The fourth-order valence-corrected chi connectivity index (χ4v) is 4.32. The molecule has 2 aromatic rings. The summed E-state index contributed by atoms with van der Waals surface area (Å²) < 4.78 is 37.7. The minimum atomic E-state index is -1.08. The first-order chi connectivity index (χ1) is 15.9. The average Bonchev–Trinajstić information content (AvgIpc) is 3.28. The number of fused-ring (bicyclic) bond motifs is 1. The monoisotopic (exact) mass is 477 g/mol. The van der Waals surface area contributed by atoms with Crippen LogP contribution in [0.15, 0.2) is 41.4 Å². The number of hydrazine groups is 1. The van der Waals surface area contributed by atoms with Crippen LogP contribution in [0.2, 0.25) is 0 Å². The highest BCUT2D eigenvalue weighted by atomic mass is 32.2. The number of hydrogen-bond donors (Lipinski definition) is 3. The van der Waals surface area contributed by atoms with E-state index in [4.69, 9.17) is 9.47 Å². The summed E-state index contributed by atoms with van der Waals surface area (Å²) in [5.41, 5.74) is 6.41. The molecule has 2 amide bonds. The summed E-state index contributed by atoms with van der Waals surface area (Å²) in [7, 11) is 3.00. The smallest absolute Gasteiger partial charge is 0.241 e. The maximum Gasteiger partial charge on any atom is 0.241 e. The number of amidine groups is 1. The fraction of sp³-hybridized carbons (Fsp3) is 0.286. The second-order valence-electron chi connectivity index (χ2n) is 7.17. The van der Waals surface area contributed by atoms with Crippen LogP contribution in [-0.2, 0) is 9.59 Å². The lowest BCUT2D eigenvalue weighted by Gasteiger charge is -2.32. The number of aliphatic imine (C=N–C) groups is 1. The largest absolute Gasteiger partial charge is 0.493 e. The number of rotatable bonds is 6. The number of anilines is 2. The topological polar surface area (TPSA) is 104 Å². The Balaban J connectivity index is 1.51. The Hall–Kier alpha value is -3.22. The predicted molar refractivity (Wildman–Crippen MR) is 120 cm³/mol. The Bertz CT molecular complexity index is 1120. The maximum absolute atomic E-state index is 13.9. The summed E-state index contributed by atoms with van der Waals surface area (Å²) in [6, 6.07) is 8.12. The molecule has 1 saturated heterocycles. The Morgan fingerprint density at radius 3 is 2.70 bits per heavy atom. The van der Waals surface area contributed by atoms with Gasteiger partial charge in [0.05, 0.1) is 31.6 Å². The molecule has 2 aliphatic heterocycles. The van der Waals surface area contributed by atoms with Gasteiger partial charge in [0.1, 0.15) is 6.17 Å². The molecule has 2 atom stereocenters. The Morgan fingerprint density at radius 1 is 1.18 bits per heavy atom. The lowest BCUT2D eigenvalue weighted by Crippen LogP contribution is -2.49. The van der Waals surface area contributed by atoms with Gasteiger partial charge in [0.15, 0.2) is 28.3 Å². The van der Waals surface area contributed by atoms with E-state index in [2.05, 4.69) is 21.2 Å². The van der Waals surface area contributed by atoms with Crippen LogP contribution in [0.25, 0.3) is 0 Å². The molecule has 9 nitrogen and oxygen atoms in total. The predicted octanol–water partition coefficient (Wildman–Crippen LogP) is 2.11. The number of carbonyl (C=O) groups is 2. The van der Waals surface area contributed by atoms with Crippen molar-refractivity contribution in [2.24, 2.45) is 10.9 Å².